The van der Waals surface area contributed by atoms with Gasteiger partial charge in [-0.05, 0) is 19.8 Å². The highest BCUT2D eigenvalue weighted by Gasteiger charge is 2.18. The lowest BCUT2D eigenvalue weighted by atomic mass is 10.1. The third-order valence-electron chi connectivity index (χ3n) is 2.51. The summed E-state index contributed by atoms with van der Waals surface area (Å²) in [5, 5.41) is 7.68. The van der Waals surface area contributed by atoms with Crippen molar-refractivity contribution < 1.29 is 4.79 Å². The van der Waals surface area contributed by atoms with Crippen LogP contribution in [0.4, 0.5) is 0 Å². The maximum absolute atomic E-state index is 10.9. The molecule has 14 heavy (non-hydrogen) atoms. The molecule has 0 spiro atoms. The van der Waals surface area contributed by atoms with Crippen LogP contribution in [-0.2, 0) is 0 Å². The Kier molecular flexibility index (Phi) is 2.88. The molecule has 0 saturated carbocycles. The number of carbonyl (C=O) groups excluding carboxylic acids is 1. The van der Waals surface area contributed by atoms with Crippen molar-refractivity contribution in [2.75, 3.05) is 0 Å². The summed E-state index contributed by atoms with van der Waals surface area (Å²) >= 11 is 0. The molecule has 2 N–H and O–H groups in total. The van der Waals surface area contributed by atoms with E-state index in [1.165, 1.54) is 0 Å². The summed E-state index contributed by atoms with van der Waals surface area (Å²) in [4.78, 5) is 10.9. The van der Waals surface area contributed by atoms with Crippen LogP contribution in [-0.4, -0.2) is 20.9 Å². The van der Waals surface area contributed by atoms with Gasteiger partial charge in [-0.25, -0.2) is 4.68 Å². The van der Waals surface area contributed by atoms with Crippen molar-refractivity contribution in [3.63, 3.8) is 0 Å². The van der Waals surface area contributed by atoms with Gasteiger partial charge < -0.3 is 5.73 Å². The zero-order chi connectivity index (χ0) is 10.9. The first-order valence-electron chi connectivity index (χ1n) is 4.66. The molecule has 1 unspecified atom stereocenters. The highest BCUT2D eigenvalue weighted by Crippen LogP contribution is 2.18. The third-order valence-corrected chi connectivity index (χ3v) is 2.51. The number of hydrogen-bond donors (Lipinski definition) is 1. The molecule has 1 aromatic heterocycles. The van der Waals surface area contributed by atoms with Crippen LogP contribution in [0.15, 0.2) is 0 Å². The molecule has 0 radical (unpaired) electrons. The van der Waals surface area contributed by atoms with E-state index in [2.05, 4.69) is 24.2 Å². The zero-order valence-electron chi connectivity index (χ0n) is 8.98. The second kappa shape index (κ2) is 3.77. The summed E-state index contributed by atoms with van der Waals surface area (Å²) in [7, 11) is 0. The largest absolute Gasteiger partial charge is 0.364 e. The van der Waals surface area contributed by atoms with E-state index in [0.717, 1.165) is 5.69 Å². The van der Waals surface area contributed by atoms with Gasteiger partial charge in [-0.15, -0.1) is 5.10 Å². The van der Waals surface area contributed by atoms with E-state index < -0.39 is 5.91 Å². The van der Waals surface area contributed by atoms with E-state index in [1.54, 1.807) is 11.6 Å². The molecule has 78 valence electrons. The van der Waals surface area contributed by atoms with Gasteiger partial charge in [0.25, 0.3) is 5.91 Å². The fourth-order valence-corrected chi connectivity index (χ4v) is 1.24. The molecule has 0 bridgehead atoms. The Bertz CT molecular complexity index is 343. The van der Waals surface area contributed by atoms with Crippen LogP contribution < -0.4 is 5.73 Å². The predicted molar refractivity (Wildman–Crippen MR) is 52.8 cm³/mol. The van der Waals surface area contributed by atoms with Gasteiger partial charge >= 0.3 is 0 Å². The summed E-state index contributed by atoms with van der Waals surface area (Å²) in [6.07, 6.45) is 0. The second-order valence-electron chi connectivity index (χ2n) is 3.82. The van der Waals surface area contributed by atoms with E-state index in [1.807, 2.05) is 6.92 Å². The van der Waals surface area contributed by atoms with Crippen LogP contribution in [0.5, 0.6) is 0 Å². The highest BCUT2D eigenvalue weighted by molar-refractivity contribution is 5.91. The lowest BCUT2D eigenvalue weighted by molar-refractivity contribution is 0.0995. The highest BCUT2D eigenvalue weighted by atomic mass is 16.1. The fourth-order valence-electron chi connectivity index (χ4n) is 1.24. The minimum absolute atomic E-state index is 0.218. The van der Waals surface area contributed by atoms with Crippen molar-refractivity contribution in [2.24, 2.45) is 11.7 Å². The van der Waals surface area contributed by atoms with Crippen molar-refractivity contribution in [1.82, 2.24) is 15.0 Å². The number of nitrogens with two attached hydrogens (primary N) is 1. The lowest BCUT2D eigenvalue weighted by Crippen LogP contribution is -2.16. The molecule has 0 aliphatic heterocycles. The number of aromatic nitrogens is 3. The van der Waals surface area contributed by atoms with E-state index in [4.69, 9.17) is 5.73 Å². The first-order valence-corrected chi connectivity index (χ1v) is 4.66. The molecule has 0 aliphatic carbocycles. The molecule has 1 heterocycles. The maximum atomic E-state index is 10.9. The molecular weight excluding hydrogens is 180 g/mol. The standard InChI is InChI=1S/C9H16N4O/c1-5(2)6(3)13-7(4)8(9(10)14)11-12-13/h5-6H,1-4H3,(H2,10,14). The fraction of sp³-hybridized carbons (Fsp3) is 0.667. The number of amides is 1. The summed E-state index contributed by atoms with van der Waals surface area (Å²) in [5.41, 5.74) is 6.15. The average molecular weight is 196 g/mol. The summed E-state index contributed by atoms with van der Waals surface area (Å²) in [6, 6.07) is 0.218. The maximum Gasteiger partial charge on any atom is 0.271 e. The van der Waals surface area contributed by atoms with E-state index >= 15 is 0 Å². The van der Waals surface area contributed by atoms with Crippen molar-refractivity contribution >= 4 is 5.91 Å². The third kappa shape index (κ3) is 1.76. The number of rotatable bonds is 3. The normalized spacial score (nSPS) is 13.2. The van der Waals surface area contributed by atoms with E-state index in [-0.39, 0.29) is 11.7 Å². The Morgan fingerprint density at radius 3 is 2.36 bits per heavy atom. The molecule has 0 aliphatic rings. The molecular formula is C9H16N4O. The molecule has 1 amide bonds. The SMILES string of the molecule is Cc1c(C(N)=O)nnn1C(C)C(C)C. The van der Waals surface area contributed by atoms with Crippen molar-refractivity contribution in [1.29, 1.82) is 0 Å². The molecule has 0 aromatic carbocycles. The number of hydrogen-bond acceptors (Lipinski definition) is 3. The van der Waals surface area contributed by atoms with Crippen molar-refractivity contribution in [3.05, 3.63) is 11.4 Å². The van der Waals surface area contributed by atoms with Gasteiger partial charge in [0, 0.05) is 0 Å². The smallest absolute Gasteiger partial charge is 0.271 e. The second-order valence-corrected chi connectivity index (χ2v) is 3.82. The number of carbonyl (C=O) groups is 1. The molecule has 0 saturated heterocycles. The van der Waals surface area contributed by atoms with Gasteiger partial charge in [0.05, 0.1) is 11.7 Å². The van der Waals surface area contributed by atoms with Crippen molar-refractivity contribution in [3.8, 4) is 0 Å². The molecule has 1 rings (SSSR count). The number of primary amides is 1. The minimum Gasteiger partial charge on any atom is -0.364 e. The molecule has 5 heteroatoms. The quantitative estimate of drug-likeness (QED) is 0.780. The Morgan fingerprint density at radius 2 is 2.00 bits per heavy atom. The van der Waals surface area contributed by atoms with E-state index in [9.17, 15) is 4.79 Å². The van der Waals surface area contributed by atoms with Gasteiger partial charge in [-0.3, -0.25) is 4.79 Å². The van der Waals surface area contributed by atoms with Gasteiger partial charge in [-0.2, -0.15) is 0 Å². The molecule has 0 fully saturated rings. The summed E-state index contributed by atoms with van der Waals surface area (Å²) in [5.74, 6) is -0.0826. The summed E-state index contributed by atoms with van der Waals surface area (Å²) in [6.45, 7) is 8.03. The topological polar surface area (TPSA) is 73.8 Å². The van der Waals surface area contributed by atoms with Crippen LogP contribution in [0.2, 0.25) is 0 Å². The first-order chi connectivity index (χ1) is 6.45. The predicted octanol–water partition coefficient (Wildman–Crippen LogP) is 0.902. The van der Waals surface area contributed by atoms with Crippen LogP contribution in [0.25, 0.3) is 0 Å². The molecule has 1 aromatic rings. The monoisotopic (exact) mass is 196 g/mol. The Labute approximate surface area is 83.3 Å². The van der Waals surface area contributed by atoms with E-state index in [0.29, 0.717) is 5.92 Å². The van der Waals surface area contributed by atoms with Crippen LogP contribution in [0.1, 0.15) is 43.0 Å². The lowest BCUT2D eigenvalue weighted by Gasteiger charge is -2.16. The zero-order valence-corrected chi connectivity index (χ0v) is 8.98. The molecule has 5 nitrogen and oxygen atoms in total. The van der Waals surface area contributed by atoms with Crippen LogP contribution in [0.3, 0.4) is 0 Å². The minimum atomic E-state index is -0.523. The van der Waals surface area contributed by atoms with Crippen LogP contribution >= 0.6 is 0 Å². The van der Waals surface area contributed by atoms with Crippen LogP contribution in [0, 0.1) is 12.8 Å². The van der Waals surface area contributed by atoms with Gasteiger partial charge in [0.2, 0.25) is 0 Å². The Balaban J connectivity index is 3.06. The number of nitrogens with zero attached hydrogens (tertiary/aromatic N) is 3. The van der Waals surface area contributed by atoms with Gasteiger partial charge in [0.1, 0.15) is 0 Å². The van der Waals surface area contributed by atoms with Crippen molar-refractivity contribution in [2.45, 2.75) is 33.7 Å². The Hall–Kier alpha value is -1.39. The average Bonchev–Trinajstić information content (AvgIpc) is 2.45. The summed E-state index contributed by atoms with van der Waals surface area (Å²) < 4.78 is 1.74. The first kappa shape index (κ1) is 10.7. The van der Waals surface area contributed by atoms with Gasteiger partial charge in [0.15, 0.2) is 5.69 Å². The van der Waals surface area contributed by atoms with Gasteiger partial charge in [-0.1, -0.05) is 19.1 Å². The Morgan fingerprint density at radius 1 is 1.43 bits per heavy atom. The molecule has 1 atom stereocenters.